The van der Waals surface area contributed by atoms with Crippen molar-refractivity contribution < 1.29 is 4.79 Å². The summed E-state index contributed by atoms with van der Waals surface area (Å²) in [7, 11) is 0. The number of aromatic nitrogens is 2. The Morgan fingerprint density at radius 3 is 2.50 bits per heavy atom. The van der Waals surface area contributed by atoms with Crippen LogP contribution in [0.3, 0.4) is 0 Å². The maximum atomic E-state index is 12.7. The van der Waals surface area contributed by atoms with Crippen LogP contribution in [0.2, 0.25) is 0 Å². The molecule has 0 aliphatic heterocycles. The van der Waals surface area contributed by atoms with E-state index in [0.717, 1.165) is 53.2 Å². The predicted octanol–water partition coefficient (Wildman–Crippen LogP) is 4.73. The van der Waals surface area contributed by atoms with Gasteiger partial charge in [0.15, 0.2) is 5.78 Å². The molecule has 0 fully saturated rings. The van der Waals surface area contributed by atoms with Gasteiger partial charge >= 0.3 is 0 Å². The van der Waals surface area contributed by atoms with E-state index in [4.69, 9.17) is 0 Å². The largest absolute Gasteiger partial charge is 0.356 e. The molecule has 2 N–H and O–H groups in total. The molecule has 0 amide bonds. The fraction of sp³-hybridized carbons (Fsp3) is 0.200. The van der Waals surface area contributed by atoms with Crippen molar-refractivity contribution in [3.63, 3.8) is 0 Å². The Bertz CT molecular complexity index is 853. The number of nitrogens with zero attached hydrogens (tertiary/aromatic N) is 1. The maximum absolute atomic E-state index is 12.7. The van der Waals surface area contributed by atoms with Crippen LogP contribution in [0.1, 0.15) is 35.3 Å². The molecule has 4 heteroatoms. The highest BCUT2D eigenvalue weighted by atomic mass is 16.1. The van der Waals surface area contributed by atoms with E-state index >= 15 is 0 Å². The minimum absolute atomic E-state index is 0.220. The van der Waals surface area contributed by atoms with Crippen molar-refractivity contribution in [2.75, 3.05) is 5.32 Å². The first-order valence-electron chi connectivity index (χ1n) is 8.33. The van der Waals surface area contributed by atoms with Crippen molar-refractivity contribution in [1.29, 1.82) is 0 Å². The average molecular weight is 317 g/mol. The topological polar surface area (TPSA) is 57.8 Å². The minimum atomic E-state index is 0.220. The lowest BCUT2D eigenvalue weighted by atomic mass is 10.0. The van der Waals surface area contributed by atoms with Gasteiger partial charge in [0.25, 0.3) is 0 Å². The van der Waals surface area contributed by atoms with Crippen LogP contribution in [0.15, 0.2) is 54.9 Å². The van der Waals surface area contributed by atoms with Gasteiger partial charge in [-0.1, -0.05) is 18.2 Å². The molecule has 3 aromatic rings. The van der Waals surface area contributed by atoms with Crippen molar-refractivity contribution in [3.05, 3.63) is 66.1 Å². The van der Waals surface area contributed by atoms with Gasteiger partial charge in [-0.3, -0.25) is 9.78 Å². The van der Waals surface area contributed by atoms with Crippen molar-refractivity contribution in [2.45, 2.75) is 25.7 Å². The molecule has 0 spiro atoms. The molecule has 2 aromatic heterocycles. The molecule has 0 bridgehead atoms. The van der Waals surface area contributed by atoms with Crippen LogP contribution in [-0.2, 0) is 6.42 Å². The minimum Gasteiger partial charge on any atom is -0.356 e. The Labute approximate surface area is 141 Å². The van der Waals surface area contributed by atoms with E-state index in [2.05, 4.69) is 15.3 Å². The first-order chi connectivity index (χ1) is 11.8. The summed E-state index contributed by atoms with van der Waals surface area (Å²) in [5, 5.41) is 3.46. The molecule has 4 rings (SSSR count). The smallest absolute Gasteiger partial charge is 0.166 e. The van der Waals surface area contributed by atoms with Gasteiger partial charge in [0.05, 0.1) is 16.9 Å². The van der Waals surface area contributed by atoms with E-state index in [1.54, 1.807) is 12.4 Å². The third-order valence-electron chi connectivity index (χ3n) is 4.45. The Morgan fingerprint density at radius 2 is 1.71 bits per heavy atom. The molecule has 24 heavy (non-hydrogen) atoms. The number of rotatable bonds is 3. The van der Waals surface area contributed by atoms with Gasteiger partial charge in [-0.2, -0.15) is 0 Å². The van der Waals surface area contributed by atoms with Crippen LogP contribution in [0, 0.1) is 0 Å². The fourth-order valence-electron chi connectivity index (χ4n) is 3.29. The zero-order chi connectivity index (χ0) is 16.4. The van der Waals surface area contributed by atoms with E-state index in [9.17, 15) is 4.79 Å². The van der Waals surface area contributed by atoms with E-state index in [1.165, 1.54) is 0 Å². The van der Waals surface area contributed by atoms with Gasteiger partial charge in [-0.15, -0.1) is 0 Å². The van der Waals surface area contributed by atoms with Gasteiger partial charge in [-0.25, -0.2) is 0 Å². The van der Waals surface area contributed by atoms with Crippen molar-refractivity contribution in [2.24, 2.45) is 0 Å². The molecular formula is C20H19N3O. The Hall–Kier alpha value is -2.88. The number of carbonyl (C=O) groups is 1. The molecule has 1 aromatic carbocycles. The number of fused-ring (bicyclic) bond motifs is 1. The second kappa shape index (κ2) is 6.32. The molecule has 1 aliphatic rings. The lowest BCUT2D eigenvalue weighted by Crippen LogP contribution is -2.02. The van der Waals surface area contributed by atoms with E-state index in [1.807, 2.05) is 42.5 Å². The fourth-order valence-corrected chi connectivity index (χ4v) is 3.29. The normalized spacial score (nSPS) is 14.1. The van der Waals surface area contributed by atoms with E-state index < -0.39 is 0 Å². The molecule has 0 saturated heterocycles. The SMILES string of the molecule is O=C1CCCCc2[nH]c(-c3ccncc3)c(Nc3ccccc3)c21. The third kappa shape index (κ3) is 2.71. The molecule has 2 heterocycles. The standard InChI is InChI=1S/C20H19N3O/c24-17-9-5-4-8-16-18(17)20(22-15-6-2-1-3-7-15)19(23-16)14-10-12-21-13-11-14/h1-3,6-7,10-13,22-23H,4-5,8-9H2. The monoisotopic (exact) mass is 317 g/mol. The van der Waals surface area contributed by atoms with Crippen LogP contribution < -0.4 is 5.32 Å². The zero-order valence-electron chi connectivity index (χ0n) is 13.4. The lowest BCUT2D eigenvalue weighted by Gasteiger charge is -2.10. The number of aromatic amines is 1. The summed E-state index contributed by atoms with van der Waals surface area (Å²) in [6.07, 6.45) is 7.07. The van der Waals surface area contributed by atoms with Gasteiger partial charge in [0, 0.05) is 35.8 Å². The second-order valence-corrected chi connectivity index (χ2v) is 6.09. The van der Waals surface area contributed by atoms with Gasteiger partial charge in [-0.05, 0) is 43.5 Å². The Morgan fingerprint density at radius 1 is 0.958 bits per heavy atom. The van der Waals surface area contributed by atoms with E-state index in [0.29, 0.717) is 6.42 Å². The molecule has 4 nitrogen and oxygen atoms in total. The van der Waals surface area contributed by atoms with Crippen LogP contribution in [0.4, 0.5) is 11.4 Å². The number of H-pyrrole nitrogens is 1. The highest BCUT2D eigenvalue weighted by molar-refractivity contribution is 6.06. The van der Waals surface area contributed by atoms with E-state index in [-0.39, 0.29) is 5.78 Å². The van der Waals surface area contributed by atoms with Crippen LogP contribution in [0.5, 0.6) is 0 Å². The second-order valence-electron chi connectivity index (χ2n) is 6.09. The quantitative estimate of drug-likeness (QED) is 0.687. The first kappa shape index (κ1) is 14.7. The molecule has 1 aliphatic carbocycles. The highest BCUT2D eigenvalue weighted by Crippen LogP contribution is 2.37. The summed E-state index contributed by atoms with van der Waals surface area (Å²) >= 11 is 0. The predicted molar refractivity (Wildman–Crippen MR) is 95.6 cm³/mol. The van der Waals surface area contributed by atoms with Crippen LogP contribution >= 0.6 is 0 Å². The van der Waals surface area contributed by atoms with Gasteiger partial charge in [0.2, 0.25) is 0 Å². The number of hydrogen-bond donors (Lipinski definition) is 2. The number of ketones is 1. The molecule has 120 valence electrons. The number of para-hydroxylation sites is 1. The summed E-state index contributed by atoms with van der Waals surface area (Å²) < 4.78 is 0. The van der Waals surface area contributed by atoms with Crippen LogP contribution in [0.25, 0.3) is 11.3 Å². The van der Waals surface area contributed by atoms with Crippen molar-refractivity contribution in [3.8, 4) is 11.3 Å². The number of carbonyl (C=O) groups excluding carboxylic acids is 1. The molecule has 0 saturated carbocycles. The Balaban J connectivity index is 1.87. The molecule has 0 radical (unpaired) electrons. The van der Waals surface area contributed by atoms with Crippen molar-refractivity contribution in [1.82, 2.24) is 9.97 Å². The number of benzene rings is 1. The summed E-state index contributed by atoms with van der Waals surface area (Å²) in [6, 6.07) is 13.9. The molecule has 0 unspecified atom stereocenters. The molecular weight excluding hydrogens is 298 g/mol. The number of hydrogen-bond acceptors (Lipinski definition) is 3. The number of Topliss-reactive ketones (excluding diaryl/α,β-unsaturated/α-hetero) is 1. The highest BCUT2D eigenvalue weighted by Gasteiger charge is 2.25. The summed E-state index contributed by atoms with van der Waals surface area (Å²) in [6.45, 7) is 0. The van der Waals surface area contributed by atoms with Gasteiger partial charge < -0.3 is 10.3 Å². The number of anilines is 2. The summed E-state index contributed by atoms with van der Waals surface area (Å²) in [5.41, 5.74) is 5.72. The van der Waals surface area contributed by atoms with Gasteiger partial charge in [0.1, 0.15) is 0 Å². The van der Waals surface area contributed by atoms with Crippen LogP contribution in [-0.4, -0.2) is 15.8 Å². The first-order valence-corrected chi connectivity index (χ1v) is 8.33. The van der Waals surface area contributed by atoms with Crippen molar-refractivity contribution >= 4 is 17.2 Å². The Kier molecular flexibility index (Phi) is 3.87. The number of pyridine rings is 1. The number of nitrogens with one attached hydrogen (secondary N) is 2. The number of aryl methyl sites for hydroxylation is 1. The average Bonchev–Trinajstić information content (AvgIpc) is 2.88. The lowest BCUT2D eigenvalue weighted by molar-refractivity contribution is 0.0983. The summed E-state index contributed by atoms with van der Waals surface area (Å²) in [4.78, 5) is 20.3. The summed E-state index contributed by atoms with van der Waals surface area (Å²) in [5.74, 6) is 0.220. The third-order valence-corrected chi connectivity index (χ3v) is 4.45. The maximum Gasteiger partial charge on any atom is 0.166 e. The zero-order valence-corrected chi connectivity index (χ0v) is 13.4. The molecule has 0 atom stereocenters.